The molecule has 2 rings (SSSR count). The van der Waals surface area contributed by atoms with E-state index in [1.54, 1.807) is 24.5 Å². The van der Waals surface area contributed by atoms with Gasteiger partial charge >= 0.3 is 0 Å². The van der Waals surface area contributed by atoms with Crippen LogP contribution in [0.5, 0.6) is 5.75 Å². The molecule has 1 atom stereocenters. The Labute approximate surface area is 93.6 Å². The molecule has 2 aromatic rings. The topological polar surface area (TPSA) is 73.8 Å². The van der Waals surface area contributed by atoms with Crippen molar-refractivity contribution < 1.29 is 5.11 Å². The molecule has 5 heteroatoms. The molecule has 1 unspecified atom stereocenters. The molecule has 0 amide bonds. The molecule has 0 radical (unpaired) electrons. The first-order valence-electron chi connectivity index (χ1n) is 5.12. The molecule has 2 aromatic heterocycles. The van der Waals surface area contributed by atoms with Gasteiger partial charge in [0, 0.05) is 18.9 Å². The number of nitrogens with zero attached hydrogens (tertiary/aromatic N) is 2. The highest BCUT2D eigenvalue weighted by Gasteiger charge is 2.06. The zero-order valence-corrected chi connectivity index (χ0v) is 9.01. The molecule has 0 aliphatic rings. The normalized spacial score (nSPS) is 12.6. The van der Waals surface area contributed by atoms with Crippen LogP contribution in [0, 0.1) is 0 Å². The molecule has 0 bridgehead atoms. The summed E-state index contributed by atoms with van der Waals surface area (Å²) in [6.07, 6.45) is 4.97. The molecular formula is C11H14N4O. The van der Waals surface area contributed by atoms with Gasteiger partial charge in [-0.2, -0.15) is 0 Å². The fourth-order valence-electron chi connectivity index (χ4n) is 1.39. The summed E-state index contributed by atoms with van der Waals surface area (Å²) in [6.45, 7) is 2.67. The fraction of sp³-hybridized carbons (Fsp3) is 0.273. The molecule has 3 N–H and O–H groups in total. The van der Waals surface area contributed by atoms with Crippen LogP contribution in [0.4, 0.5) is 0 Å². The van der Waals surface area contributed by atoms with Crippen LogP contribution in [-0.2, 0) is 6.54 Å². The van der Waals surface area contributed by atoms with Crippen LogP contribution in [0.3, 0.4) is 0 Å². The van der Waals surface area contributed by atoms with Gasteiger partial charge in [0.05, 0.1) is 17.9 Å². The maximum atomic E-state index is 9.09. The number of rotatable bonds is 4. The number of aromatic amines is 1. The van der Waals surface area contributed by atoms with Crippen molar-refractivity contribution in [2.75, 3.05) is 0 Å². The van der Waals surface area contributed by atoms with Gasteiger partial charge in [0.2, 0.25) is 0 Å². The minimum atomic E-state index is 0.144. The van der Waals surface area contributed by atoms with E-state index in [9.17, 15) is 0 Å². The zero-order chi connectivity index (χ0) is 11.4. The van der Waals surface area contributed by atoms with Crippen LogP contribution in [0.1, 0.15) is 24.5 Å². The number of imidazole rings is 1. The van der Waals surface area contributed by atoms with Crippen LogP contribution >= 0.6 is 0 Å². The van der Waals surface area contributed by atoms with E-state index in [1.165, 1.54) is 6.20 Å². The van der Waals surface area contributed by atoms with Crippen molar-refractivity contribution in [1.82, 2.24) is 20.3 Å². The summed E-state index contributed by atoms with van der Waals surface area (Å²) < 4.78 is 0. The van der Waals surface area contributed by atoms with E-state index in [2.05, 4.69) is 20.3 Å². The highest BCUT2D eigenvalue weighted by atomic mass is 16.3. The Balaban J connectivity index is 1.90. The minimum absolute atomic E-state index is 0.144. The van der Waals surface area contributed by atoms with E-state index >= 15 is 0 Å². The van der Waals surface area contributed by atoms with Crippen LogP contribution in [0.2, 0.25) is 0 Å². The second-order valence-electron chi connectivity index (χ2n) is 3.58. The second-order valence-corrected chi connectivity index (χ2v) is 3.58. The van der Waals surface area contributed by atoms with Crippen molar-refractivity contribution in [3.63, 3.8) is 0 Å². The molecule has 2 heterocycles. The van der Waals surface area contributed by atoms with Gasteiger partial charge in [-0.3, -0.25) is 4.98 Å². The number of aromatic nitrogens is 3. The van der Waals surface area contributed by atoms with Crippen molar-refractivity contribution in [3.8, 4) is 5.75 Å². The average Bonchev–Trinajstić information content (AvgIpc) is 2.81. The van der Waals surface area contributed by atoms with E-state index < -0.39 is 0 Å². The average molecular weight is 218 g/mol. The van der Waals surface area contributed by atoms with E-state index in [0.29, 0.717) is 6.54 Å². The summed E-state index contributed by atoms with van der Waals surface area (Å²) in [4.78, 5) is 11.3. The third kappa shape index (κ3) is 2.58. The molecular weight excluding hydrogens is 204 g/mol. The van der Waals surface area contributed by atoms with Gasteiger partial charge in [0.1, 0.15) is 11.6 Å². The number of aromatic hydroxyl groups is 1. The largest absolute Gasteiger partial charge is 0.506 e. The predicted octanol–water partition coefficient (Wildman–Crippen LogP) is 1.36. The van der Waals surface area contributed by atoms with Crippen LogP contribution in [0.15, 0.2) is 30.7 Å². The lowest BCUT2D eigenvalue weighted by molar-refractivity contribution is 0.471. The molecule has 5 nitrogen and oxygen atoms in total. The number of hydrogen-bond acceptors (Lipinski definition) is 4. The van der Waals surface area contributed by atoms with Crippen LogP contribution in [0.25, 0.3) is 0 Å². The molecule has 84 valence electrons. The van der Waals surface area contributed by atoms with Gasteiger partial charge < -0.3 is 15.4 Å². The summed E-state index contributed by atoms with van der Waals surface area (Å²) >= 11 is 0. The number of pyridine rings is 1. The monoisotopic (exact) mass is 218 g/mol. The Hall–Kier alpha value is -1.88. The molecule has 0 saturated heterocycles. The van der Waals surface area contributed by atoms with Crippen LogP contribution in [-0.4, -0.2) is 20.1 Å². The Bertz CT molecular complexity index is 424. The standard InChI is InChI=1S/C11H14N4O/c1-8(11-12-4-5-13-11)14-6-9-2-3-10(16)7-15-9/h2-5,7-8,14,16H,6H2,1H3,(H,12,13). The maximum absolute atomic E-state index is 9.09. The van der Waals surface area contributed by atoms with Crippen molar-refractivity contribution in [1.29, 1.82) is 0 Å². The summed E-state index contributed by atoms with van der Waals surface area (Å²) in [5.41, 5.74) is 0.885. The SMILES string of the molecule is CC(NCc1ccc(O)cn1)c1ncc[nH]1. The Morgan fingerprint density at radius 1 is 1.44 bits per heavy atom. The third-order valence-corrected chi connectivity index (χ3v) is 2.33. The summed E-state index contributed by atoms with van der Waals surface area (Å²) in [6, 6.07) is 3.56. The fourth-order valence-corrected chi connectivity index (χ4v) is 1.39. The summed E-state index contributed by atoms with van der Waals surface area (Å²) in [5.74, 6) is 1.08. The molecule has 0 fully saturated rings. The van der Waals surface area contributed by atoms with E-state index in [4.69, 9.17) is 5.11 Å². The van der Waals surface area contributed by atoms with Gasteiger partial charge in [0.15, 0.2) is 0 Å². The first-order chi connectivity index (χ1) is 7.75. The first-order valence-corrected chi connectivity index (χ1v) is 5.12. The first kappa shape index (κ1) is 10.6. The highest BCUT2D eigenvalue weighted by molar-refractivity contribution is 5.17. The van der Waals surface area contributed by atoms with Gasteiger partial charge in [-0.25, -0.2) is 4.98 Å². The number of hydrogen-bond donors (Lipinski definition) is 3. The van der Waals surface area contributed by atoms with Crippen LogP contribution < -0.4 is 5.32 Å². The zero-order valence-electron chi connectivity index (χ0n) is 9.01. The number of H-pyrrole nitrogens is 1. The molecule has 16 heavy (non-hydrogen) atoms. The predicted molar refractivity (Wildman–Crippen MR) is 59.7 cm³/mol. The Morgan fingerprint density at radius 3 is 2.94 bits per heavy atom. The van der Waals surface area contributed by atoms with Crippen molar-refractivity contribution in [3.05, 3.63) is 42.2 Å². The Kier molecular flexibility index (Phi) is 3.16. The van der Waals surface area contributed by atoms with Crippen molar-refractivity contribution in [2.24, 2.45) is 0 Å². The molecule has 0 aromatic carbocycles. The lowest BCUT2D eigenvalue weighted by Gasteiger charge is -2.10. The van der Waals surface area contributed by atoms with Crippen molar-refractivity contribution >= 4 is 0 Å². The van der Waals surface area contributed by atoms with Gasteiger partial charge in [0.25, 0.3) is 0 Å². The van der Waals surface area contributed by atoms with E-state index in [1.807, 2.05) is 6.92 Å². The second kappa shape index (κ2) is 4.76. The van der Waals surface area contributed by atoms with Gasteiger partial charge in [-0.1, -0.05) is 0 Å². The lowest BCUT2D eigenvalue weighted by atomic mass is 10.3. The smallest absolute Gasteiger partial charge is 0.133 e. The molecule has 0 spiro atoms. The summed E-state index contributed by atoms with van der Waals surface area (Å²) in [5, 5.41) is 12.4. The van der Waals surface area contributed by atoms with E-state index in [0.717, 1.165) is 11.5 Å². The highest BCUT2D eigenvalue weighted by Crippen LogP contribution is 2.08. The third-order valence-electron chi connectivity index (χ3n) is 2.33. The van der Waals surface area contributed by atoms with Gasteiger partial charge in [-0.15, -0.1) is 0 Å². The molecule has 0 aliphatic carbocycles. The van der Waals surface area contributed by atoms with Crippen molar-refractivity contribution in [2.45, 2.75) is 19.5 Å². The Morgan fingerprint density at radius 2 is 2.31 bits per heavy atom. The summed E-state index contributed by atoms with van der Waals surface area (Å²) in [7, 11) is 0. The maximum Gasteiger partial charge on any atom is 0.133 e. The lowest BCUT2D eigenvalue weighted by Crippen LogP contribution is -2.19. The van der Waals surface area contributed by atoms with E-state index in [-0.39, 0.29) is 11.8 Å². The number of nitrogens with one attached hydrogen (secondary N) is 2. The van der Waals surface area contributed by atoms with Gasteiger partial charge in [-0.05, 0) is 19.1 Å². The molecule has 0 saturated carbocycles. The minimum Gasteiger partial charge on any atom is -0.506 e. The molecule has 0 aliphatic heterocycles. The quantitative estimate of drug-likeness (QED) is 0.724.